The molecule has 142 valence electrons. The topological polar surface area (TPSA) is 78.1 Å². The van der Waals surface area contributed by atoms with E-state index in [0.29, 0.717) is 22.3 Å². The van der Waals surface area contributed by atoms with Crippen molar-refractivity contribution in [1.29, 1.82) is 0 Å². The third-order valence-corrected chi connectivity index (χ3v) is 5.37. The number of thiazole rings is 1. The first-order valence-corrected chi connectivity index (χ1v) is 9.92. The second-order valence-electron chi connectivity index (χ2n) is 6.47. The van der Waals surface area contributed by atoms with Crippen LogP contribution in [0.2, 0.25) is 0 Å². The molecule has 0 saturated carbocycles. The Balaban J connectivity index is 1.26. The summed E-state index contributed by atoms with van der Waals surface area (Å²) in [6, 6.07) is 15.7. The molecule has 2 aromatic carbocycles. The zero-order valence-corrected chi connectivity index (χ0v) is 16.1. The maximum atomic E-state index is 12.3. The largest absolute Gasteiger partial charge is 0.460 e. The van der Waals surface area contributed by atoms with Crippen molar-refractivity contribution in [1.82, 2.24) is 15.0 Å². The first-order chi connectivity index (χ1) is 14.3. The lowest BCUT2D eigenvalue weighted by Gasteiger charge is -2.01. The van der Waals surface area contributed by atoms with Crippen LogP contribution in [0, 0.1) is 0 Å². The summed E-state index contributed by atoms with van der Waals surface area (Å²) in [5.74, 6) is 0.779. The molecule has 5 aromatic rings. The minimum atomic E-state index is -0.362. The van der Waals surface area contributed by atoms with Crippen molar-refractivity contribution in [2.24, 2.45) is 0 Å². The molecule has 29 heavy (non-hydrogen) atoms. The zero-order chi connectivity index (χ0) is 19.6. The molecule has 0 radical (unpaired) electrons. The first-order valence-electron chi connectivity index (χ1n) is 9.04. The molecule has 7 heteroatoms. The van der Waals surface area contributed by atoms with E-state index >= 15 is 0 Å². The Labute approximate surface area is 169 Å². The smallest absolute Gasteiger partial charge is 0.313 e. The van der Waals surface area contributed by atoms with Gasteiger partial charge in [0.2, 0.25) is 0 Å². The maximum absolute atomic E-state index is 12.3. The van der Waals surface area contributed by atoms with E-state index in [-0.39, 0.29) is 19.0 Å². The van der Waals surface area contributed by atoms with Gasteiger partial charge in [0.25, 0.3) is 0 Å². The number of benzene rings is 2. The second-order valence-corrected chi connectivity index (χ2v) is 7.32. The fourth-order valence-corrected chi connectivity index (χ4v) is 3.91. The van der Waals surface area contributed by atoms with E-state index in [1.54, 1.807) is 18.5 Å². The SMILES string of the molecule is O=C(Cc1cc2c(ccc3ccccc32)o1)OCc1csc(-c2ncccn2)n1. The summed E-state index contributed by atoms with van der Waals surface area (Å²) in [5, 5.41) is 5.77. The lowest BCUT2D eigenvalue weighted by molar-refractivity contribution is -0.144. The highest BCUT2D eigenvalue weighted by molar-refractivity contribution is 7.13. The van der Waals surface area contributed by atoms with Crippen molar-refractivity contribution in [2.45, 2.75) is 13.0 Å². The Kier molecular flexibility index (Phi) is 4.50. The summed E-state index contributed by atoms with van der Waals surface area (Å²) in [7, 11) is 0. The number of fused-ring (bicyclic) bond motifs is 3. The minimum Gasteiger partial charge on any atom is -0.460 e. The Morgan fingerprint density at radius 1 is 1.03 bits per heavy atom. The van der Waals surface area contributed by atoms with Gasteiger partial charge in [0.1, 0.15) is 24.4 Å². The van der Waals surface area contributed by atoms with Crippen molar-refractivity contribution in [2.75, 3.05) is 0 Å². The summed E-state index contributed by atoms with van der Waals surface area (Å²) in [5.41, 5.74) is 1.43. The molecule has 0 bridgehead atoms. The molecule has 0 saturated heterocycles. The van der Waals surface area contributed by atoms with Crippen molar-refractivity contribution < 1.29 is 13.9 Å². The van der Waals surface area contributed by atoms with Crippen molar-refractivity contribution >= 4 is 39.0 Å². The normalized spacial score (nSPS) is 11.2. The highest BCUT2D eigenvalue weighted by Crippen LogP contribution is 2.28. The Morgan fingerprint density at radius 2 is 1.90 bits per heavy atom. The molecule has 6 nitrogen and oxygen atoms in total. The number of rotatable bonds is 5. The molecule has 5 rings (SSSR count). The van der Waals surface area contributed by atoms with E-state index in [2.05, 4.69) is 21.0 Å². The molecule has 3 heterocycles. The van der Waals surface area contributed by atoms with Crippen LogP contribution in [0.4, 0.5) is 0 Å². The van der Waals surface area contributed by atoms with Crippen LogP contribution in [0.5, 0.6) is 0 Å². The van der Waals surface area contributed by atoms with Gasteiger partial charge >= 0.3 is 5.97 Å². The number of carbonyl (C=O) groups excluding carboxylic acids is 1. The number of hydrogen-bond acceptors (Lipinski definition) is 7. The average Bonchev–Trinajstić information content (AvgIpc) is 3.40. The average molecular weight is 401 g/mol. The van der Waals surface area contributed by atoms with E-state index in [1.165, 1.54) is 11.3 Å². The fourth-order valence-electron chi connectivity index (χ4n) is 3.17. The standard InChI is InChI=1S/C22H15N3O3S/c26-20(27-12-15-13-29-22(25-15)21-23-8-3-9-24-21)11-16-10-18-17-5-2-1-4-14(17)6-7-19(18)28-16/h1-10,13H,11-12H2. The monoisotopic (exact) mass is 401 g/mol. The Hall–Kier alpha value is -3.58. The van der Waals surface area contributed by atoms with E-state index in [1.807, 2.05) is 41.8 Å². The van der Waals surface area contributed by atoms with Crippen LogP contribution < -0.4 is 0 Å². The molecule has 0 atom stereocenters. The lowest BCUT2D eigenvalue weighted by atomic mass is 10.1. The highest BCUT2D eigenvalue weighted by atomic mass is 32.1. The molecule has 0 aliphatic heterocycles. The van der Waals surface area contributed by atoms with E-state index in [4.69, 9.17) is 9.15 Å². The minimum absolute atomic E-state index is 0.0712. The Morgan fingerprint density at radius 3 is 2.79 bits per heavy atom. The summed E-state index contributed by atoms with van der Waals surface area (Å²) in [6.07, 6.45) is 3.40. The van der Waals surface area contributed by atoms with Gasteiger partial charge in [-0.2, -0.15) is 0 Å². The molecule has 0 spiro atoms. The predicted molar refractivity (Wildman–Crippen MR) is 110 cm³/mol. The van der Waals surface area contributed by atoms with Crippen molar-refractivity contribution in [3.05, 3.63) is 77.8 Å². The highest BCUT2D eigenvalue weighted by Gasteiger charge is 2.13. The molecule has 0 unspecified atom stereocenters. The molecule has 0 aliphatic rings. The molecular formula is C22H15N3O3S. The number of ether oxygens (including phenoxy) is 1. The zero-order valence-electron chi connectivity index (χ0n) is 15.2. The van der Waals surface area contributed by atoms with E-state index in [9.17, 15) is 4.79 Å². The molecule has 0 aliphatic carbocycles. The summed E-state index contributed by atoms with van der Waals surface area (Å²) in [4.78, 5) is 25.0. The van der Waals surface area contributed by atoms with Crippen LogP contribution >= 0.6 is 11.3 Å². The van der Waals surface area contributed by atoms with E-state index in [0.717, 1.165) is 21.7 Å². The van der Waals surface area contributed by atoms with Gasteiger partial charge < -0.3 is 9.15 Å². The lowest BCUT2D eigenvalue weighted by Crippen LogP contribution is -2.07. The molecule has 0 N–H and O–H groups in total. The van der Waals surface area contributed by atoms with Crippen LogP contribution in [0.3, 0.4) is 0 Å². The number of esters is 1. The van der Waals surface area contributed by atoms with Gasteiger partial charge in [0.15, 0.2) is 10.8 Å². The predicted octanol–water partition coefficient (Wildman–Crippen LogP) is 4.79. The number of furan rings is 1. The van der Waals surface area contributed by atoms with Gasteiger partial charge in [0.05, 0.1) is 5.69 Å². The van der Waals surface area contributed by atoms with Crippen molar-refractivity contribution in [3.8, 4) is 10.8 Å². The van der Waals surface area contributed by atoms with Gasteiger partial charge in [-0.3, -0.25) is 4.79 Å². The fraction of sp³-hybridized carbons (Fsp3) is 0.0909. The quantitative estimate of drug-likeness (QED) is 0.394. The molecule has 3 aromatic heterocycles. The molecule has 0 amide bonds. The van der Waals surface area contributed by atoms with Gasteiger partial charge in [-0.15, -0.1) is 11.3 Å². The summed E-state index contributed by atoms with van der Waals surface area (Å²) < 4.78 is 11.2. The molecular weight excluding hydrogens is 386 g/mol. The van der Waals surface area contributed by atoms with Gasteiger partial charge in [-0.1, -0.05) is 30.3 Å². The third-order valence-electron chi connectivity index (χ3n) is 4.49. The van der Waals surface area contributed by atoms with Gasteiger partial charge in [-0.05, 0) is 29.0 Å². The van der Waals surface area contributed by atoms with Crippen LogP contribution in [-0.2, 0) is 22.6 Å². The summed E-state index contributed by atoms with van der Waals surface area (Å²) in [6.45, 7) is 0.103. The first kappa shape index (κ1) is 17.5. The Bertz CT molecular complexity index is 1310. The number of hydrogen-bond donors (Lipinski definition) is 0. The van der Waals surface area contributed by atoms with Gasteiger partial charge in [0, 0.05) is 23.2 Å². The van der Waals surface area contributed by atoms with E-state index < -0.39 is 0 Å². The number of nitrogens with zero attached hydrogens (tertiary/aromatic N) is 3. The number of carbonyl (C=O) groups is 1. The maximum Gasteiger partial charge on any atom is 0.313 e. The summed E-state index contributed by atoms with van der Waals surface area (Å²) >= 11 is 1.42. The number of aromatic nitrogens is 3. The van der Waals surface area contributed by atoms with Crippen LogP contribution in [0.1, 0.15) is 11.5 Å². The van der Waals surface area contributed by atoms with Crippen LogP contribution in [0.25, 0.3) is 32.6 Å². The second kappa shape index (κ2) is 7.44. The van der Waals surface area contributed by atoms with Crippen molar-refractivity contribution in [3.63, 3.8) is 0 Å². The van der Waals surface area contributed by atoms with Crippen LogP contribution in [-0.4, -0.2) is 20.9 Å². The third kappa shape index (κ3) is 3.60. The molecule has 0 fully saturated rings. The van der Waals surface area contributed by atoms with Gasteiger partial charge in [-0.25, -0.2) is 15.0 Å². The van der Waals surface area contributed by atoms with Crippen LogP contribution in [0.15, 0.2) is 70.7 Å².